The Balaban J connectivity index is 2.43. The Morgan fingerprint density at radius 3 is 2.29 bits per heavy atom. The molecule has 0 spiro atoms. The molecule has 2 aromatic carbocycles. The number of sulfonamides is 1. The van der Waals surface area contributed by atoms with Crippen molar-refractivity contribution in [2.24, 2.45) is 0 Å². The SMILES string of the molecule is COc1cc(C)c(NS(=O)(=O)c2cccc(C(=O)[O-])c2)cc1OC. The molecule has 0 bridgehead atoms. The van der Waals surface area contributed by atoms with Crippen LogP contribution in [0.3, 0.4) is 0 Å². The number of anilines is 1. The number of hydrogen-bond donors (Lipinski definition) is 1. The van der Waals surface area contributed by atoms with Gasteiger partial charge in [0.1, 0.15) is 0 Å². The first-order valence-electron chi connectivity index (χ1n) is 6.85. The highest BCUT2D eigenvalue weighted by Crippen LogP contribution is 2.33. The van der Waals surface area contributed by atoms with Crippen LogP contribution >= 0.6 is 0 Å². The van der Waals surface area contributed by atoms with Gasteiger partial charge in [-0.25, -0.2) is 8.42 Å². The lowest BCUT2D eigenvalue weighted by Crippen LogP contribution is -2.23. The van der Waals surface area contributed by atoms with Crippen molar-refractivity contribution in [3.63, 3.8) is 0 Å². The second kappa shape index (κ2) is 6.79. The number of aromatic carboxylic acids is 1. The second-order valence-corrected chi connectivity index (χ2v) is 6.63. The van der Waals surface area contributed by atoms with Crippen molar-refractivity contribution in [2.45, 2.75) is 11.8 Å². The van der Waals surface area contributed by atoms with Gasteiger partial charge >= 0.3 is 0 Å². The molecule has 2 aromatic rings. The van der Waals surface area contributed by atoms with Crippen LogP contribution in [-0.4, -0.2) is 28.6 Å². The molecule has 0 heterocycles. The van der Waals surface area contributed by atoms with Crippen LogP contribution in [0.25, 0.3) is 0 Å². The first kappa shape index (κ1) is 17.6. The summed E-state index contributed by atoms with van der Waals surface area (Å²) in [5.41, 5.74) is 0.695. The fourth-order valence-electron chi connectivity index (χ4n) is 2.08. The molecule has 0 aromatic heterocycles. The minimum atomic E-state index is -3.97. The highest BCUT2D eigenvalue weighted by atomic mass is 32.2. The van der Waals surface area contributed by atoms with E-state index >= 15 is 0 Å². The van der Waals surface area contributed by atoms with E-state index in [1.165, 1.54) is 38.5 Å². The lowest BCUT2D eigenvalue weighted by atomic mass is 10.2. The molecular formula is C16H16NO6S-. The van der Waals surface area contributed by atoms with E-state index in [1.54, 1.807) is 13.0 Å². The lowest BCUT2D eigenvalue weighted by molar-refractivity contribution is -0.255. The molecule has 24 heavy (non-hydrogen) atoms. The van der Waals surface area contributed by atoms with Crippen LogP contribution in [-0.2, 0) is 10.0 Å². The smallest absolute Gasteiger partial charge is 0.261 e. The molecule has 1 N–H and O–H groups in total. The number of carbonyl (C=O) groups is 1. The highest BCUT2D eigenvalue weighted by molar-refractivity contribution is 7.92. The van der Waals surface area contributed by atoms with Gasteiger partial charge in [-0.3, -0.25) is 4.72 Å². The van der Waals surface area contributed by atoms with Crippen molar-refractivity contribution >= 4 is 21.7 Å². The van der Waals surface area contributed by atoms with Gasteiger partial charge in [0.15, 0.2) is 11.5 Å². The Morgan fingerprint density at radius 1 is 1.08 bits per heavy atom. The minimum Gasteiger partial charge on any atom is -0.545 e. The van der Waals surface area contributed by atoms with E-state index in [0.29, 0.717) is 22.7 Å². The van der Waals surface area contributed by atoms with E-state index < -0.39 is 16.0 Å². The lowest BCUT2D eigenvalue weighted by Gasteiger charge is -2.15. The topological polar surface area (TPSA) is 105 Å². The highest BCUT2D eigenvalue weighted by Gasteiger charge is 2.18. The van der Waals surface area contributed by atoms with E-state index in [0.717, 1.165) is 6.07 Å². The third-order valence-corrected chi connectivity index (χ3v) is 4.72. The average Bonchev–Trinajstić information content (AvgIpc) is 2.56. The zero-order chi connectivity index (χ0) is 17.9. The molecule has 8 heteroatoms. The molecule has 128 valence electrons. The third-order valence-electron chi connectivity index (χ3n) is 3.35. The summed E-state index contributed by atoms with van der Waals surface area (Å²) >= 11 is 0. The summed E-state index contributed by atoms with van der Waals surface area (Å²) in [6.07, 6.45) is 0. The van der Waals surface area contributed by atoms with Crippen LogP contribution in [0.1, 0.15) is 15.9 Å². The maximum absolute atomic E-state index is 12.5. The molecule has 0 aliphatic carbocycles. The Hall–Kier alpha value is -2.74. The van der Waals surface area contributed by atoms with Crippen LogP contribution in [0.5, 0.6) is 11.5 Å². The zero-order valence-corrected chi connectivity index (χ0v) is 14.1. The first-order chi connectivity index (χ1) is 11.3. The fraction of sp³-hybridized carbons (Fsp3) is 0.188. The minimum absolute atomic E-state index is 0.182. The number of carboxylic acid groups (broad SMARTS) is 1. The van der Waals surface area contributed by atoms with Crippen LogP contribution in [0.4, 0.5) is 5.69 Å². The van der Waals surface area contributed by atoms with E-state index in [4.69, 9.17) is 9.47 Å². The third kappa shape index (κ3) is 3.60. The molecule has 0 unspecified atom stereocenters. The summed E-state index contributed by atoms with van der Waals surface area (Å²) in [6.45, 7) is 1.71. The molecule has 0 saturated heterocycles. The summed E-state index contributed by atoms with van der Waals surface area (Å²) in [7, 11) is -1.06. The number of carboxylic acids is 1. The number of nitrogens with one attached hydrogen (secondary N) is 1. The van der Waals surface area contributed by atoms with Gasteiger partial charge in [-0.2, -0.15) is 0 Å². The standard InChI is InChI=1S/C16H17NO6S/c1-10-7-14(22-2)15(23-3)9-13(10)17-24(20,21)12-6-4-5-11(8-12)16(18)19/h4-9,17H,1-3H3,(H,18,19)/p-1. The van der Waals surface area contributed by atoms with Crippen LogP contribution in [0, 0.1) is 6.92 Å². The van der Waals surface area contributed by atoms with Gasteiger partial charge in [-0.1, -0.05) is 12.1 Å². The van der Waals surface area contributed by atoms with Crippen molar-refractivity contribution < 1.29 is 27.8 Å². The number of methoxy groups -OCH3 is 2. The largest absolute Gasteiger partial charge is 0.545 e. The van der Waals surface area contributed by atoms with Gasteiger partial charge in [0.2, 0.25) is 0 Å². The maximum Gasteiger partial charge on any atom is 0.261 e. The number of hydrogen-bond acceptors (Lipinski definition) is 6. The van der Waals surface area contributed by atoms with Crippen molar-refractivity contribution in [1.29, 1.82) is 0 Å². The van der Waals surface area contributed by atoms with Gasteiger partial charge in [0, 0.05) is 6.07 Å². The summed E-state index contributed by atoms with van der Waals surface area (Å²) in [5.74, 6) is -0.615. The molecule has 0 fully saturated rings. The summed E-state index contributed by atoms with van der Waals surface area (Å²) in [4.78, 5) is 10.7. The van der Waals surface area contributed by atoms with Gasteiger partial charge < -0.3 is 19.4 Å². The molecule has 0 radical (unpaired) electrons. The summed E-state index contributed by atoms with van der Waals surface area (Å²) < 4.78 is 37.7. The van der Waals surface area contributed by atoms with Crippen LogP contribution < -0.4 is 19.3 Å². The second-order valence-electron chi connectivity index (χ2n) is 4.94. The molecular weight excluding hydrogens is 334 g/mol. The van der Waals surface area contributed by atoms with E-state index in [-0.39, 0.29) is 10.5 Å². The van der Waals surface area contributed by atoms with Gasteiger partial charge in [0.25, 0.3) is 10.0 Å². The molecule has 0 aliphatic heterocycles. The average molecular weight is 350 g/mol. The Morgan fingerprint density at radius 2 is 1.71 bits per heavy atom. The predicted molar refractivity (Wildman–Crippen MR) is 85.9 cm³/mol. The van der Waals surface area contributed by atoms with E-state index in [9.17, 15) is 18.3 Å². The normalized spacial score (nSPS) is 11.0. The van der Waals surface area contributed by atoms with Gasteiger partial charge in [-0.05, 0) is 36.2 Å². The van der Waals surface area contributed by atoms with Gasteiger partial charge in [0.05, 0.1) is 30.8 Å². The number of rotatable bonds is 6. The maximum atomic E-state index is 12.5. The molecule has 0 aliphatic rings. The molecule has 0 saturated carbocycles. The van der Waals surface area contributed by atoms with E-state index in [1.807, 2.05) is 0 Å². The quantitative estimate of drug-likeness (QED) is 0.839. The van der Waals surface area contributed by atoms with Gasteiger partial charge in [-0.15, -0.1) is 0 Å². The number of ether oxygens (including phenoxy) is 2. The predicted octanol–water partition coefficient (Wildman–Crippen LogP) is 1.18. The molecule has 0 atom stereocenters. The molecule has 0 amide bonds. The number of aryl methyl sites for hydroxylation is 1. The first-order valence-corrected chi connectivity index (χ1v) is 8.33. The summed E-state index contributed by atoms with van der Waals surface area (Å²) in [6, 6.07) is 8.05. The zero-order valence-electron chi connectivity index (χ0n) is 13.3. The fourth-order valence-corrected chi connectivity index (χ4v) is 3.25. The van der Waals surface area contributed by atoms with Crippen molar-refractivity contribution in [1.82, 2.24) is 0 Å². The number of benzene rings is 2. The van der Waals surface area contributed by atoms with Crippen LogP contribution in [0.2, 0.25) is 0 Å². The van der Waals surface area contributed by atoms with Crippen molar-refractivity contribution in [3.8, 4) is 11.5 Å². The number of carbonyl (C=O) groups excluding carboxylic acids is 1. The monoisotopic (exact) mass is 350 g/mol. The van der Waals surface area contributed by atoms with Crippen LogP contribution in [0.15, 0.2) is 41.3 Å². The van der Waals surface area contributed by atoms with E-state index in [2.05, 4.69) is 4.72 Å². The molecule has 7 nitrogen and oxygen atoms in total. The van der Waals surface area contributed by atoms with Crippen molar-refractivity contribution in [2.75, 3.05) is 18.9 Å². The Labute approximate surface area is 139 Å². The Kier molecular flexibility index (Phi) is 4.99. The summed E-state index contributed by atoms with van der Waals surface area (Å²) in [5, 5.41) is 10.9. The molecule has 2 rings (SSSR count). The van der Waals surface area contributed by atoms with Crippen molar-refractivity contribution in [3.05, 3.63) is 47.5 Å². The Bertz CT molecular complexity index is 876.